The van der Waals surface area contributed by atoms with E-state index in [1.165, 1.54) is 6.92 Å². The number of fused-ring (bicyclic) bond motifs is 1. The molecule has 26 nitrogen and oxygen atoms in total. The van der Waals surface area contributed by atoms with Crippen molar-refractivity contribution in [3.63, 3.8) is 0 Å². The summed E-state index contributed by atoms with van der Waals surface area (Å²) in [4.78, 5) is 129. The lowest BCUT2D eigenvalue weighted by molar-refractivity contribution is -0.385. The Balaban J connectivity index is 1.22. The molecule has 3 heterocycles. The topological polar surface area (TPSA) is 360 Å². The number of β-amino-alcohol motifs (C(OH)–C–C–N with tert-alkyl or cyclic N) is 1. The predicted molar refractivity (Wildman–Crippen MR) is 213 cm³/mol. The molecule has 2 fully saturated rings. The van der Waals surface area contributed by atoms with E-state index in [1.807, 2.05) is 10.6 Å². The number of guanidine groups is 1. The molecule has 3 aromatic rings. The monoisotopic (exact) mass is 902 g/mol. The number of nitro groups is 3. The maximum absolute atomic E-state index is 13.7. The number of non-ortho nitro benzene ring substituents is 3. The van der Waals surface area contributed by atoms with Gasteiger partial charge in [-0.1, -0.05) is 6.92 Å². The molecule has 0 aliphatic carbocycles. The van der Waals surface area contributed by atoms with Crippen LogP contribution in [0.1, 0.15) is 44.9 Å². The van der Waals surface area contributed by atoms with Crippen molar-refractivity contribution in [1.82, 2.24) is 20.4 Å². The van der Waals surface area contributed by atoms with Crippen molar-refractivity contribution >= 4 is 65.0 Å². The number of aliphatic hydroxyl groups excluding tert-OH is 2. The second-order valence-corrected chi connectivity index (χ2v) is 14.6. The van der Waals surface area contributed by atoms with Crippen LogP contribution in [-0.2, 0) is 23.8 Å². The van der Waals surface area contributed by atoms with Crippen LogP contribution in [-0.4, -0.2) is 127 Å². The van der Waals surface area contributed by atoms with Gasteiger partial charge in [0.25, 0.3) is 17.1 Å². The molecule has 0 radical (unpaired) electrons. The maximum atomic E-state index is 13.7. The first kappa shape index (κ1) is 46.2. The SMILES string of the molecule is C[C@@H](O)[C@H]1C(=O)N2C(C(=O)OC(=O)c3ccc([N+](=O)[O-])cc3)=C(CN3C[C@@H](O)[C@H](N=C(NC(=O)OC(=O)c4ccc([N+](=O)[O-])cc4)NC(=O)OC(=O)c4ccc([N+](=O)[O-])cc4)C3)[C@H](C)[C@H]12. The van der Waals surface area contributed by atoms with Gasteiger partial charge < -0.3 is 29.3 Å². The van der Waals surface area contributed by atoms with Crippen molar-refractivity contribution in [1.29, 1.82) is 0 Å². The van der Waals surface area contributed by atoms with Gasteiger partial charge in [0.1, 0.15) is 5.70 Å². The van der Waals surface area contributed by atoms with Crippen LogP contribution in [0.2, 0.25) is 0 Å². The van der Waals surface area contributed by atoms with E-state index in [2.05, 4.69) is 4.99 Å². The summed E-state index contributed by atoms with van der Waals surface area (Å²) in [6.07, 6.45) is -5.68. The number of carbonyl (C=O) groups excluding carboxylic acids is 7. The average Bonchev–Trinajstić information content (AvgIpc) is 3.72. The first-order chi connectivity index (χ1) is 30.7. The highest BCUT2D eigenvalue weighted by atomic mass is 16.6. The molecule has 65 heavy (non-hydrogen) atoms. The van der Waals surface area contributed by atoms with E-state index in [0.29, 0.717) is 0 Å². The summed E-state index contributed by atoms with van der Waals surface area (Å²) < 4.78 is 14.6. The van der Waals surface area contributed by atoms with Gasteiger partial charge in [0, 0.05) is 62.0 Å². The standard InChI is InChI=1S/C39H34N8O18/c1-18-26(31(44-30(18)29(19(2)48)32(44)50)36(54)63-33(51)20-3-9-23(10-4-20)45(57)58)15-43-16-27(28(49)17-43)40-37(41-38(55)64-34(52)21-5-11-24(12-6-21)46(59)60)42-39(56)65-35(53)22-7-13-25(14-8-22)47(61)62/h3-14,18-19,27-30,48-49H,15-17H2,1-2H3,(H2,40,41,42,55,56)/t18-,19+,27+,28+,29+,30+/m0/s1. The Labute approximate surface area is 363 Å². The van der Waals surface area contributed by atoms with E-state index < -0.39 is 98.8 Å². The number of amides is 3. The number of likely N-dealkylation sites (tertiary alicyclic amines) is 1. The quantitative estimate of drug-likeness (QED) is 0.0311. The van der Waals surface area contributed by atoms with E-state index in [0.717, 1.165) is 77.7 Å². The normalized spacial score (nSPS) is 20.3. The second kappa shape index (κ2) is 18.9. The third kappa shape index (κ3) is 10.1. The van der Waals surface area contributed by atoms with Crippen LogP contribution in [0.15, 0.2) is 89.1 Å². The summed E-state index contributed by atoms with van der Waals surface area (Å²) in [5.74, 6) is -8.07. The number of carbonyl (C=O) groups is 7. The molecule has 0 unspecified atom stereocenters. The van der Waals surface area contributed by atoms with Gasteiger partial charge in [-0.2, -0.15) is 0 Å². The molecule has 3 aromatic carbocycles. The zero-order valence-electron chi connectivity index (χ0n) is 33.6. The largest absolute Gasteiger partial charge is 0.421 e. The zero-order valence-corrected chi connectivity index (χ0v) is 33.6. The van der Waals surface area contributed by atoms with Gasteiger partial charge in [0.2, 0.25) is 11.9 Å². The fourth-order valence-corrected chi connectivity index (χ4v) is 7.33. The number of aliphatic imine (C=N–C) groups is 1. The fraction of sp³-hybridized carbons (Fsp3) is 0.282. The van der Waals surface area contributed by atoms with Gasteiger partial charge in [0.15, 0.2) is 0 Å². The van der Waals surface area contributed by atoms with Gasteiger partial charge in [-0.15, -0.1) is 0 Å². The minimum atomic E-state index is -1.57. The Hall–Kier alpha value is -8.36. The molecule has 26 heteroatoms. The summed E-state index contributed by atoms with van der Waals surface area (Å²) in [6, 6.07) is 10.1. The molecule has 0 bridgehead atoms. The number of hydrogen-bond acceptors (Lipinski definition) is 20. The highest BCUT2D eigenvalue weighted by Crippen LogP contribution is 2.48. The lowest BCUT2D eigenvalue weighted by atomic mass is 9.77. The number of rotatable bonds is 11. The Kier molecular flexibility index (Phi) is 13.5. The van der Waals surface area contributed by atoms with Crippen molar-refractivity contribution < 1.29 is 72.8 Å². The van der Waals surface area contributed by atoms with Crippen molar-refractivity contribution in [2.75, 3.05) is 19.6 Å². The molecule has 6 rings (SSSR count). The van der Waals surface area contributed by atoms with Crippen LogP contribution in [0.5, 0.6) is 0 Å². The van der Waals surface area contributed by atoms with Crippen LogP contribution >= 0.6 is 0 Å². The highest BCUT2D eigenvalue weighted by molar-refractivity contribution is 6.08. The number of nitrogens with one attached hydrogen (secondary N) is 2. The lowest BCUT2D eigenvalue weighted by Crippen LogP contribution is -2.63. The Bertz CT molecular complexity index is 2470. The number of benzene rings is 3. The molecule has 6 atom stereocenters. The molecular formula is C39H34N8O18. The van der Waals surface area contributed by atoms with Crippen LogP contribution in [0, 0.1) is 42.2 Å². The van der Waals surface area contributed by atoms with Crippen molar-refractivity contribution in [3.8, 4) is 0 Å². The molecule has 0 aromatic heterocycles. The van der Waals surface area contributed by atoms with E-state index in [9.17, 15) is 74.1 Å². The number of nitrogens with zero attached hydrogens (tertiary/aromatic N) is 6. The zero-order chi connectivity index (χ0) is 47.4. The third-order valence-corrected chi connectivity index (χ3v) is 10.5. The van der Waals surface area contributed by atoms with E-state index in [4.69, 9.17) is 14.2 Å². The molecule has 2 saturated heterocycles. The number of esters is 4. The molecular weight excluding hydrogens is 868 g/mol. The number of ether oxygens (including phenoxy) is 3. The number of alkyl carbamates (subject to hydrolysis) is 2. The number of nitro benzene ring substituents is 3. The highest BCUT2D eigenvalue weighted by Gasteiger charge is 2.60. The third-order valence-electron chi connectivity index (χ3n) is 10.5. The van der Waals surface area contributed by atoms with Crippen LogP contribution in [0.25, 0.3) is 0 Å². The smallest absolute Gasteiger partial charge is 0.393 e. The van der Waals surface area contributed by atoms with Crippen LogP contribution in [0.3, 0.4) is 0 Å². The van der Waals surface area contributed by atoms with E-state index in [-0.39, 0.29) is 64.7 Å². The van der Waals surface area contributed by atoms with Crippen molar-refractivity contribution in [2.24, 2.45) is 16.8 Å². The van der Waals surface area contributed by atoms with Gasteiger partial charge in [-0.25, -0.2) is 33.8 Å². The number of β-lactam (4-membered cyclic amide) rings is 1. The molecule has 0 spiro atoms. The van der Waals surface area contributed by atoms with E-state index in [1.54, 1.807) is 11.8 Å². The predicted octanol–water partition coefficient (Wildman–Crippen LogP) is 1.74. The molecule has 3 aliphatic rings. The molecule has 3 amide bonds. The van der Waals surface area contributed by atoms with Gasteiger partial charge >= 0.3 is 36.1 Å². The summed E-state index contributed by atoms with van der Waals surface area (Å²) in [7, 11) is 0. The van der Waals surface area contributed by atoms with Crippen molar-refractivity contribution in [2.45, 2.75) is 38.1 Å². The second-order valence-electron chi connectivity index (χ2n) is 14.6. The van der Waals surface area contributed by atoms with Gasteiger partial charge in [-0.05, 0) is 48.9 Å². The van der Waals surface area contributed by atoms with Gasteiger partial charge in [-0.3, -0.25) is 50.7 Å². The minimum absolute atomic E-state index is 0.180. The maximum Gasteiger partial charge on any atom is 0.421 e. The summed E-state index contributed by atoms with van der Waals surface area (Å²) in [5.41, 5.74) is -1.95. The molecule has 4 N–H and O–H groups in total. The molecule has 3 aliphatic heterocycles. The van der Waals surface area contributed by atoms with Crippen molar-refractivity contribution in [3.05, 3.63) is 131 Å². The first-order valence-electron chi connectivity index (χ1n) is 19.0. The first-order valence-corrected chi connectivity index (χ1v) is 19.0. The fourth-order valence-electron chi connectivity index (χ4n) is 7.33. The summed E-state index contributed by atoms with van der Waals surface area (Å²) >= 11 is 0. The summed E-state index contributed by atoms with van der Waals surface area (Å²) in [6.45, 7) is 2.46. The molecule has 0 saturated carbocycles. The summed E-state index contributed by atoms with van der Waals surface area (Å²) in [5, 5.41) is 58.6. The Morgan fingerprint density at radius 2 is 1.14 bits per heavy atom. The minimum Gasteiger partial charge on any atom is -0.393 e. The number of hydrogen-bond donors (Lipinski definition) is 4. The Morgan fingerprint density at radius 3 is 1.54 bits per heavy atom. The van der Waals surface area contributed by atoms with E-state index >= 15 is 0 Å². The van der Waals surface area contributed by atoms with Gasteiger partial charge in [0.05, 0.1) is 61.7 Å². The number of aliphatic hydroxyl groups is 2. The average molecular weight is 903 g/mol. The molecule has 338 valence electrons. The van der Waals surface area contributed by atoms with Crippen LogP contribution < -0.4 is 10.6 Å². The lowest BCUT2D eigenvalue weighted by Gasteiger charge is -2.46. The van der Waals surface area contributed by atoms with Crippen LogP contribution in [0.4, 0.5) is 26.7 Å². The Morgan fingerprint density at radius 1 is 0.723 bits per heavy atom.